The Labute approximate surface area is 203 Å². The maximum atomic E-state index is 12.7. The second-order valence-corrected chi connectivity index (χ2v) is 7.93. The molecular formula is C21H23ClF3N7O3. The first-order chi connectivity index (χ1) is 16.6. The Morgan fingerprint density at radius 3 is 2.60 bits per heavy atom. The number of anilines is 2. The van der Waals surface area contributed by atoms with Gasteiger partial charge in [0.05, 0.1) is 11.1 Å². The van der Waals surface area contributed by atoms with Crippen LogP contribution in [-0.2, 0) is 16.0 Å². The van der Waals surface area contributed by atoms with Crippen LogP contribution in [-0.4, -0.2) is 76.0 Å². The first-order valence-corrected chi connectivity index (χ1v) is 10.9. The molecule has 3 aromatic rings. The van der Waals surface area contributed by atoms with Gasteiger partial charge < -0.3 is 20.2 Å². The second kappa shape index (κ2) is 10.8. The number of piperazine rings is 1. The van der Waals surface area contributed by atoms with Gasteiger partial charge in [0.1, 0.15) is 18.2 Å². The van der Waals surface area contributed by atoms with Crippen molar-refractivity contribution in [1.29, 1.82) is 0 Å². The smallest absolute Gasteiger partial charge is 0.475 e. The molecule has 35 heavy (non-hydrogen) atoms. The first-order valence-electron chi connectivity index (χ1n) is 10.5. The second-order valence-electron chi connectivity index (χ2n) is 7.50. The Morgan fingerprint density at radius 1 is 1.29 bits per heavy atom. The van der Waals surface area contributed by atoms with Gasteiger partial charge in [-0.25, -0.2) is 14.8 Å². The number of nitrogens with zero attached hydrogens (tertiary/aromatic N) is 5. The standard InChI is InChI=1S/C19H22ClN7O.C2HF3O2/c1-3-14-16-17(25-24-14)22-11-23-18(16)26-7-8-27(15(10-26)19(28)21-2)13-6-4-5-12(20)9-13;3-2(4,5)1(6)7/h4-6,9,11,15H,3,7-8,10H2,1-2H3,(H,21,28)(H,22,23,24,25);(H,6,7). The van der Waals surface area contributed by atoms with Gasteiger partial charge in [-0.3, -0.25) is 9.89 Å². The summed E-state index contributed by atoms with van der Waals surface area (Å²) in [6, 6.07) is 7.24. The van der Waals surface area contributed by atoms with Crippen molar-refractivity contribution in [3.05, 3.63) is 41.3 Å². The van der Waals surface area contributed by atoms with Crippen molar-refractivity contribution in [1.82, 2.24) is 25.5 Å². The third kappa shape index (κ3) is 5.91. The molecule has 4 rings (SSSR count). The van der Waals surface area contributed by atoms with Crippen molar-refractivity contribution in [3.63, 3.8) is 0 Å². The normalized spacial score (nSPS) is 16.0. The van der Waals surface area contributed by atoms with Crippen LogP contribution in [0.2, 0.25) is 5.02 Å². The molecule has 3 N–H and O–H groups in total. The molecule has 1 amide bonds. The van der Waals surface area contributed by atoms with Crippen LogP contribution in [0.4, 0.5) is 24.7 Å². The molecule has 1 saturated heterocycles. The number of aromatic amines is 1. The van der Waals surface area contributed by atoms with Gasteiger partial charge >= 0.3 is 12.1 Å². The molecule has 1 aliphatic heterocycles. The number of rotatable bonds is 4. The van der Waals surface area contributed by atoms with E-state index in [0.29, 0.717) is 18.1 Å². The summed E-state index contributed by atoms with van der Waals surface area (Å²) >= 11 is 6.17. The number of hydrogen-bond acceptors (Lipinski definition) is 7. The average Bonchev–Trinajstić information content (AvgIpc) is 3.26. The molecule has 1 aromatic carbocycles. The summed E-state index contributed by atoms with van der Waals surface area (Å²) in [5.41, 5.74) is 2.58. The number of likely N-dealkylation sites (N-methyl/N-ethyl adjacent to an activating group) is 1. The van der Waals surface area contributed by atoms with Crippen LogP contribution in [0.15, 0.2) is 30.6 Å². The van der Waals surface area contributed by atoms with E-state index in [2.05, 4.69) is 42.2 Å². The van der Waals surface area contributed by atoms with Gasteiger partial charge in [-0.05, 0) is 24.6 Å². The minimum absolute atomic E-state index is 0.0436. The van der Waals surface area contributed by atoms with Crippen LogP contribution in [0.5, 0.6) is 0 Å². The molecule has 2 aromatic heterocycles. The van der Waals surface area contributed by atoms with Crippen molar-refractivity contribution < 1.29 is 27.9 Å². The van der Waals surface area contributed by atoms with E-state index in [1.165, 1.54) is 6.33 Å². The molecule has 0 spiro atoms. The highest BCUT2D eigenvalue weighted by atomic mass is 35.5. The summed E-state index contributed by atoms with van der Waals surface area (Å²) in [5, 5.41) is 18.8. The van der Waals surface area contributed by atoms with Crippen LogP contribution in [0.25, 0.3) is 11.0 Å². The van der Waals surface area contributed by atoms with E-state index < -0.39 is 12.1 Å². The minimum atomic E-state index is -5.08. The SMILES string of the molecule is CCc1n[nH]c2ncnc(N3CCN(c4cccc(Cl)c4)C(C(=O)NC)C3)c12.O=C(O)C(F)(F)F. The minimum Gasteiger partial charge on any atom is -0.475 e. The molecule has 0 aliphatic carbocycles. The van der Waals surface area contributed by atoms with Crippen LogP contribution in [0, 0.1) is 0 Å². The topological polar surface area (TPSA) is 127 Å². The summed E-state index contributed by atoms with van der Waals surface area (Å²) < 4.78 is 31.7. The monoisotopic (exact) mass is 513 g/mol. The maximum Gasteiger partial charge on any atom is 0.490 e. The number of hydrogen-bond donors (Lipinski definition) is 3. The Bertz CT molecular complexity index is 1200. The van der Waals surface area contributed by atoms with Gasteiger partial charge in [0.15, 0.2) is 5.65 Å². The Balaban J connectivity index is 0.000000429. The van der Waals surface area contributed by atoms with Gasteiger partial charge in [0.2, 0.25) is 5.91 Å². The van der Waals surface area contributed by atoms with Gasteiger partial charge in [0.25, 0.3) is 0 Å². The van der Waals surface area contributed by atoms with Crippen molar-refractivity contribution in [3.8, 4) is 0 Å². The number of carboxylic acids is 1. The molecule has 1 fully saturated rings. The number of carbonyl (C=O) groups excluding carboxylic acids is 1. The van der Waals surface area contributed by atoms with Crippen LogP contribution in [0.1, 0.15) is 12.6 Å². The summed E-state index contributed by atoms with van der Waals surface area (Å²) in [6.45, 7) is 3.95. The lowest BCUT2D eigenvalue weighted by atomic mass is 10.1. The molecule has 188 valence electrons. The highest BCUT2D eigenvalue weighted by molar-refractivity contribution is 6.30. The van der Waals surface area contributed by atoms with Gasteiger partial charge in [0, 0.05) is 37.4 Å². The number of benzene rings is 1. The molecule has 0 bridgehead atoms. The number of aryl methyl sites for hydroxylation is 1. The van der Waals surface area contributed by atoms with Crippen molar-refractivity contribution in [2.24, 2.45) is 0 Å². The van der Waals surface area contributed by atoms with E-state index in [0.717, 1.165) is 41.2 Å². The van der Waals surface area contributed by atoms with Gasteiger partial charge in [-0.2, -0.15) is 18.3 Å². The number of nitrogens with one attached hydrogen (secondary N) is 2. The number of H-pyrrole nitrogens is 1. The fourth-order valence-corrected chi connectivity index (χ4v) is 3.91. The quantitative estimate of drug-likeness (QED) is 0.486. The van der Waals surface area contributed by atoms with Gasteiger partial charge in [-0.1, -0.05) is 24.6 Å². The van der Waals surface area contributed by atoms with E-state index in [4.69, 9.17) is 21.5 Å². The molecule has 10 nitrogen and oxygen atoms in total. The summed E-state index contributed by atoms with van der Waals surface area (Å²) in [7, 11) is 1.66. The number of alkyl halides is 3. The molecule has 0 radical (unpaired) electrons. The zero-order valence-electron chi connectivity index (χ0n) is 18.8. The van der Waals surface area contributed by atoms with Crippen LogP contribution >= 0.6 is 11.6 Å². The largest absolute Gasteiger partial charge is 0.490 e. The number of amides is 1. The number of carbonyl (C=O) groups is 2. The van der Waals surface area contributed by atoms with Crippen molar-refractivity contribution in [2.45, 2.75) is 25.6 Å². The molecule has 1 aliphatic rings. The van der Waals surface area contributed by atoms with E-state index in [-0.39, 0.29) is 11.9 Å². The zero-order chi connectivity index (χ0) is 25.8. The Kier molecular flexibility index (Phi) is 7.99. The van der Waals surface area contributed by atoms with E-state index >= 15 is 0 Å². The van der Waals surface area contributed by atoms with Crippen LogP contribution in [0.3, 0.4) is 0 Å². The lowest BCUT2D eigenvalue weighted by Crippen LogP contribution is -2.59. The van der Waals surface area contributed by atoms with Crippen molar-refractivity contribution in [2.75, 3.05) is 36.5 Å². The molecule has 3 heterocycles. The summed E-state index contributed by atoms with van der Waals surface area (Å²) in [4.78, 5) is 34.6. The van der Waals surface area contributed by atoms with E-state index in [1.54, 1.807) is 7.05 Å². The lowest BCUT2D eigenvalue weighted by molar-refractivity contribution is -0.192. The fourth-order valence-electron chi connectivity index (χ4n) is 3.73. The molecular weight excluding hydrogens is 491 g/mol. The average molecular weight is 514 g/mol. The number of carboxylic acid groups (broad SMARTS) is 1. The summed E-state index contributed by atoms with van der Waals surface area (Å²) in [6.07, 6.45) is -2.77. The molecule has 1 atom stereocenters. The van der Waals surface area contributed by atoms with Crippen molar-refractivity contribution >= 4 is 46.0 Å². The maximum absolute atomic E-state index is 12.7. The lowest BCUT2D eigenvalue weighted by Gasteiger charge is -2.42. The molecule has 0 saturated carbocycles. The molecule has 14 heteroatoms. The predicted molar refractivity (Wildman–Crippen MR) is 124 cm³/mol. The molecule has 1 unspecified atom stereocenters. The van der Waals surface area contributed by atoms with Gasteiger partial charge in [-0.15, -0.1) is 0 Å². The Morgan fingerprint density at radius 2 is 2.00 bits per heavy atom. The third-order valence-corrected chi connectivity index (χ3v) is 5.59. The Hall–Kier alpha value is -3.61. The first kappa shape index (κ1) is 26.0. The third-order valence-electron chi connectivity index (χ3n) is 5.36. The van der Waals surface area contributed by atoms with Crippen LogP contribution < -0.4 is 15.1 Å². The predicted octanol–water partition coefficient (Wildman–Crippen LogP) is 2.64. The highest BCUT2D eigenvalue weighted by Gasteiger charge is 2.38. The fraction of sp³-hybridized carbons (Fsp3) is 0.381. The number of fused-ring (bicyclic) bond motifs is 1. The number of aromatic nitrogens is 4. The number of aliphatic carboxylic acids is 1. The zero-order valence-corrected chi connectivity index (χ0v) is 19.6. The van der Waals surface area contributed by atoms with E-state index in [9.17, 15) is 18.0 Å². The van der Waals surface area contributed by atoms with E-state index in [1.807, 2.05) is 24.3 Å². The summed E-state index contributed by atoms with van der Waals surface area (Å²) in [5.74, 6) is -1.99. The highest BCUT2D eigenvalue weighted by Crippen LogP contribution is 2.29. The number of halogens is 4.